The van der Waals surface area contributed by atoms with Crippen molar-refractivity contribution >= 4 is 33.2 Å². The van der Waals surface area contributed by atoms with Crippen molar-refractivity contribution in [2.24, 2.45) is 5.73 Å². The maximum Gasteiger partial charge on any atom is 0.244 e. The first-order chi connectivity index (χ1) is 8.43. The van der Waals surface area contributed by atoms with Crippen molar-refractivity contribution in [3.63, 3.8) is 0 Å². The molecule has 0 aromatic heterocycles. The Morgan fingerprint density at radius 3 is 2.72 bits per heavy atom. The highest BCUT2D eigenvalue weighted by Gasteiger charge is 2.30. The normalized spacial score (nSPS) is 22.1. The Morgan fingerprint density at radius 1 is 1.33 bits per heavy atom. The van der Waals surface area contributed by atoms with E-state index < -0.39 is 10.0 Å². The molecule has 0 spiro atoms. The van der Waals surface area contributed by atoms with Gasteiger partial charge >= 0.3 is 0 Å². The molecule has 1 heterocycles. The first-order valence-corrected chi connectivity index (χ1v) is 7.82. The highest BCUT2D eigenvalue weighted by molar-refractivity contribution is 7.89. The van der Waals surface area contributed by atoms with Gasteiger partial charge in [-0.25, -0.2) is 8.42 Å². The standard InChI is InChI=1S/C11H14Cl2N2O2S/c12-9-4-1-5-10(11(9)13)18(16,17)15-6-2-3-8(14)7-15/h1,4-5,8H,2-3,6-7,14H2. The summed E-state index contributed by atoms with van der Waals surface area (Å²) in [4.78, 5) is 0.0470. The third-order valence-corrected chi connectivity index (χ3v) is 5.79. The molecule has 1 unspecified atom stereocenters. The van der Waals surface area contributed by atoms with E-state index in [4.69, 9.17) is 28.9 Å². The molecular formula is C11H14Cl2N2O2S. The number of piperidine rings is 1. The number of hydrogen-bond acceptors (Lipinski definition) is 3. The summed E-state index contributed by atoms with van der Waals surface area (Å²) in [6.07, 6.45) is 1.61. The monoisotopic (exact) mass is 308 g/mol. The summed E-state index contributed by atoms with van der Waals surface area (Å²) in [5, 5.41) is 0.303. The maximum atomic E-state index is 12.4. The van der Waals surface area contributed by atoms with Crippen LogP contribution in [0, 0.1) is 0 Å². The van der Waals surface area contributed by atoms with Gasteiger partial charge in [0.05, 0.1) is 10.0 Å². The quantitative estimate of drug-likeness (QED) is 0.910. The van der Waals surface area contributed by atoms with E-state index in [-0.39, 0.29) is 21.0 Å². The van der Waals surface area contributed by atoms with Crippen molar-refractivity contribution in [1.82, 2.24) is 4.31 Å². The van der Waals surface area contributed by atoms with E-state index in [1.54, 1.807) is 12.1 Å². The molecule has 1 fully saturated rings. The van der Waals surface area contributed by atoms with Gasteiger partial charge in [-0.15, -0.1) is 0 Å². The van der Waals surface area contributed by atoms with Crippen LogP contribution >= 0.6 is 23.2 Å². The summed E-state index contributed by atoms with van der Waals surface area (Å²) in [6.45, 7) is 0.796. The molecule has 1 saturated heterocycles. The summed E-state index contributed by atoms with van der Waals surface area (Å²) < 4.78 is 26.2. The van der Waals surface area contributed by atoms with Gasteiger partial charge in [0.1, 0.15) is 4.90 Å². The molecule has 7 heteroatoms. The lowest BCUT2D eigenvalue weighted by molar-refractivity contribution is 0.316. The summed E-state index contributed by atoms with van der Waals surface area (Å²) in [7, 11) is -3.61. The Morgan fingerprint density at radius 2 is 2.06 bits per heavy atom. The molecule has 4 nitrogen and oxygen atoms in total. The Labute approximate surface area is 117 Å². The minimum atomic E-state index is -3.61. The summed E-state index contributed by atoms with van der Waals surface area (Å²) >= 11 is 11.8. The van der Waals surface area contributed by atoms with Gasteiger partial charge in [0.15, 0.2) is 0 Å². The highest BCUT2D eigenvalue weighted by atomic mass is 35.5. The van der Waals surface area contributed by atoms with Crippen LogP contribution in [0.15, 0.2) is 23.1 Å². The number of benzene rings is 1. The fourth-order valence-electron chi connectivity index (χ4n) is 2.01. The molecule has 1 aliphatic rings. The predicted molar refractivity (Wildman–Crippen MR) is 72.4 cm³/mol. The van der Waals surface area contributed by atoms with Gasteiger partial charge in [-0.3, -0.25) is 0 Å². The van der Waals surface area contributed by atoms with Crippen molar-refractivity contribution in [2.45, 2.75) is 23.8 Å². The zero-order chi connectivity index (χ0) is 13.3. The number of halogens is 2. The molecule has 1 aromatic rings. The van der Waals surface area contributed by atoms with Crippen molar-refractivity contribution < 1.29 is 8.42 Å². The number of nitrogens with zero attached hydrogens (tertiary/aromatic N) is 1. The second-order valence-corrected chi connectivity index (χ2v) is 7.01. The second kappa shape index (κ2) is 5.35. The Kier molecular flexibility index (Phi) is 4.18. The van der Waals surface area contributed by atoms with Crippen molar-refractivity contribution in [2.75, 3.05) is 13.1 Å². The second-order valence-electron chi connectivity index (χ2n) is 4.32. The zero-order valence-electron chi connectivity index (χ0n) is 9.64. The van der Waals surface area contributed by atoms with E-state index in [0.717, 1.165) is 12.8 Å². The molecule has 2 rings (SSSR count). The maximum absolute atomic E-state index is 12.4. The van der Waals surface area contributed by atoms with Crippen LogP contribution in [0.2, 0.25) is 10.0 Å². The first-order valence-electron chi connectivity index (χ1n) is 5.62. The SMILES string of the molecule is NC1CCCN(S(=O)(=O)c2cccc(Cl)c2Cl)C1. The summed E-state index contributed by atoms with van der Waals surface area (Å²) in [5.74, 6) is 0. The third kappa shape index (κ3) is 2.65. The lowest BCUT2D eigenvalue weighted by Gasteiger charge is -2.30. The van der Waals surface area contributed by atoms with E-state index in [1.807, 2.05) is 0 Å². The fraction of sp³-hybridized carbons (Fsp3) is 0.455. The smallest absolute Gasteiger partial charge is 0.244 e. The predicted octanol–water partition coefficient (Wildman–Crippen LogP) is 2.11. The molecule has 1 atom stereocenters. The lowest BCUT2D eigenvalue weighted by atomic mass is 10.1. The van der Waals surface area contributed by atoms with Crippen LogP contribution in [-0.4, -0.2) is 31.9 Å². The van der Waals surface area contributed by atoms with Crippen LogP contribution in [0.25, 0.3) is 0 Å². The number of hydrogen-bond donors (Lipinski definition) is 1. The third-order valence-electron chi connectivity index (χ3n) is 2.95. The van der Waals surface area contributed by atoms with Gasteiger partial charge in [0, 0.05) is 19.1 Å². The van der Waals surface area contributed by atoms with Crippen LogP contribution in [-0.2, 0) is 10.0 Å². The molecule has 2 N–H and O–H groups in total. The van der Waals surface area contributed by atoms with E-state index in [2.05, 4.69) is 0 Å². The van der Waals surface area contributed by atoms with Gasteiger partial charge in [0.25, 0.3) is 0 Å². The molecule has 0 saturated carbocycles. The summed E-state index contributed by atoms with van der Waals surface area (Å²) in [5.41, 5.74) is 5.80. The van der Waals surface area contributed by atoms with Crippen LogP contribution in [0.3, 0.4) is 0 Å². The average Bonchev–Trinajstić information content (AvgIpc) is 2.32. The van der Waals surface area contributed by atoms with Crippen LogP contribution in [0.1, 0.15) is 12.8 Å². The van der Waals surface area contributed by atoms with Gasteiger partial charge in [-0.1, -0.05) is 29.3 Å². The van der Waals surface area contributed by atoms with Gasteiger partial charge in [-0.2, -0.15) is 4.31 Å². The van der Waals surface area contributed by atoms with E-state index in [9.17, 15) is 8.42 Å². The molecule has 1 aliphatic heterocycles. The van der Waals surface area contributed by atoms with Gasteiger partial charge < -0.3 is 5.73 Å². The fourth-order valence-corrected chi connectivity index (χ4v) is 4.29. The lowest BCUT2D eigenvalue weighted by Crippen LogP contribution is -2.45. The average molecular weight is 309 g/mol. The molecule has 0 radical (unpaired) electrons. The largest absolute Gasteiger partial charge is 0.327 e. The zero-order valence-corrected chi connectivity index (χ0v) is 12.0. The van der Waals surface area contributed by atoms with Gasteiger partial charge in [-0.05, 0) is 25.0 Å². The molecule has 100 valence electrons. The number of nitrogens with two attached hydrogens (primary N) is 1. The van der Waals surface area contributed by atoms with Crippen molar-refractivity contribution in [1.29, 1.82) is 0 Å². The molecular weight excluding hydrogens is 295 g/mol. The minimum Gasteiger partial charge on any atom is -0.327 e. The minimum absolute atomic E-state index is 0.0470. The Bertz CT molecular complexity index is 548. The Hall–Kier alpha value is -0.330. The van der Waals surface area contributed by atoms with E-state index >= 15 is 0 Å². The van der Waals surface area contributed by atoms with E-state index in [1.165, 1.54) is 10.4 Å². The van der Waals surface area contributed by atoms with Crippen LogP contribution in [0.5, 0.6) is 0 Å². The molecule has 0 amide bonds. The molecule has 1 aromatic carbocycles. The number of sulfonamides is 1. The topological polar surface area (TPSA) is 63.4 Å². The Balaban J connectivity index is 2.39. The first kappa shape index (κ1) is 14.1. The number of rotatable bonds is 2. The molecule has 18 heavy (non-hydrogen) atoms. The van der Waals surface area contributed by atoms with Crippen LogP contribution in [0.4, 0.5) is 0 Å². The molecule has 0 aliphatic carbocycles. The van der Waals surface area contributed by atoms with Crippen LogP contribution < -0.4 is 5.73 Å². The molecule has 0 bridgehead atoms. The van der Waals surface area contributed by atoms with Crippen molar-refractivity contribution in [3.05, 3.63) is 28.2 Å². The van der Waals surface area contributed by atoms with Gasteiger partial charge in [0.2, 0.25) is 10.0 Å². The summed E-state index contributed by atoms with van der Waals surface area (Å²) in [6, 6.07) is 4.48. The van der Waals surface area contributed by atoms with Crippen molar-refractivity contribution in [3.8, 4) is 0 Å². The highest BCUT2D eigenvalue weighted by Crippen LogP contribution is 2.31. The van der Waals surface area contributed by atoms with E-state index in [0.29, 0.717) is 13.1 Å².